The summed E-state index contributed by atoms with van der Waals surface area (Å²) in [5.41, 5.74) is 4.98. The lowest BCUT2D eigenvalue weighted by Gasteiger charge is -2.05. The second kappa shape index (κ2) is 4.85. The molecule has 0 unspecified atom stereocenters. The van der Waals surface area contributed by atoms with E-state index in [9.17, 15) is 14.4 Å². The Balaban J connectivity index is 2.48. The highest BCUT2D eigenvalue weighted by molar-refractivity contribution is 7.17. The van der Waals surface area contributed by atoms with E-state index in [0.29, 0.717) is 16.8 Å². The van der Waals surface area contributed by atoms with E-state index in [0.717, 1.165) is 11.1 Å². The molecule has 0 atom stereocenters. The zero-order chi connectivity index (χ0) is 15.1. The number of amides is 1. The first kappa shape index (κ1) is 13.6. The highest BCUT2D eigenvalue weighted by Crippen LogP contribution is 2.17. The van der Waals surface area contributed by atoms with Crippen molar-refractivity contribution in [3.05, 3.63) is 32.3 Å². The van der Waals surface area contributed by atoms with Gasteiger partial charge in [0, 0.05) is 6.54 Å². The minimum absolute atomic E-state index is 0.175. The summed E-state index contributed by atoms with van der Waals surface area (Å²) < 4.78 is 4.29. The maximum absolute atomic E-state index is 12.5. The number of fused-ring (bicyclic) bond motifs is 3. The van der Waals surface area contributed by atoms with Crippen LogP contribution in [0.5, 0.6) is 0 Å². The third-order valence-electron chi connectivity index (χ3n) is 3.14. The van der Waals surface area contributed by atoms with Gasteiger partial charge in [0.05, 0.1) is 5.52 Å². The number of nitrogens with two attached hydrogens (primary N) is 1. The van der Waals surface area contributed by atoms with Crippen molar-refractivity contribution >= 4 is 33.2 Å². The number of thiophene rings is 1. The van der Waals surface area contributed by atoms with Gasteiger partial charge >= 0.3 is 5.69 Å². The van der Waals surface area contributed by atoms with Gasteiger partial charge in [-0.3, -0.25) is 14.2 Å². The van der Waals surface area contributed by atoms with Gasteiger partial charge in [0.1, 0.15) is 11.2 Å². The molecule has 3 rings (SSSR count). The molecule has 3 aromatic rings. The molecule has 0 aliphatic carbocycles. The number of primary amides is 1. The van der Waals surface area contributed by atoms with E-state index in [1.54, 1.807) is 11.4 Å². The molecule has 0 saturated heterocycles. The zero-order valence-corrected chi connectivity index (χ0v) is 12.1. The molecule has 0 aliphatic heterocycles. The first-order valence-corrected chi connectivity index (χ1v) is 7.30. The number of hydrogen-bond acceptors (Lipinski definition) is 5. The van der Waals surface area contributed by atoms with Gasteiger partial charge in [-0.05, 0) is 17.9 Å². The SMILES string of the molecule is CCCn1c(=O)c2sccc2n2c(=O)n(CC(N)=O)nc12. The van der Waals surface area contributed by atoms with Crippen LogP contribution in [0.25, 0.3) is 16.0 Å². The van der Waals surface area contributed by atoms with Crippen LogP contribution in [-0.4, -0.2) is 24.7 Å². The molecule has 0 aliphatic rings. The second-order valence-corrected chi connectivity index (χ2v) is 5.55. The van der Waals surface area contributed by atoms with Gasteiger partial charge in [-0.25, -0.2) is 13.9 Å². The predicted molar refractivity (Wildman–Crippen MR) is 78.6 cm³/mol. The van der Waals surface area contributed by atoms with Crippen LogP contribution >= 0.6 is 11.3 Å². The lowest BCUT2D eigenvalue weighted by atomic mass is 10.4. The Kier molecular flexibility index (Phi) is 3.13. The summed E-state index contributed by atoms with van der Waals surface area (Å²) in [6, 6.07) is 1.70. The normalized spacial score (nSPS) is 11.5. The molecule has 110 valence electrons. The van der Waals surface area contributed by atoms with Crippen LogP contribution in [0.1, 0.15) is 13.3 Å². The molecule has 0 saturated carbocycles. The molecule has 21 heavy (non-hydrogen) atoms. The van der Waals surface area contributed by atoms with E-state index in [1.807, 2.05) is 6.92 Å². The Labute approximate surface area is 122 Å². The average molecular weight is 307 g/mol. The Hall–Kier alpha value is -2.42. The van der Waals surface area contributed by atoms with Crippen molar-refractivity contribution in [3.63, 3.8) is 0 Å². The summed E-state index contributed by atoms with van der Waals surface area (Å²) in [5, 5.41) is 5.85. The zero-order valence-electron chi connectivity index (χ0n) is 11.3. The van der Waals surface area contributed by atoms with Gasteiger partial charge < -0.3 is 5.73 Å². The molecule has 9 heteroatoms. The summed E-state index contributed by atoms with van der Waals surface area (Å²) in [4.78, 5) is 35.9. The number of rotatable bonds is 4. The summed E-state index contributed by atoms with van der Waals surface area (Å²) >= 11 is 1.28. The standard InChI is InChI=1S/C12H13N5O3S/c1-2-4-15-10(19)9-7(3-5-21-9)17-11(15)14-16(12(17)20)6-8(13)18/h3,5H,2,4,6H2,1H3,(H2,13,18). The van der Waals surface area contributed by atoms with Crippen molar-refractivity contribution in [2.75, 3.05) is 0 Å². The van der Waals surface area contributed by atoms with Crippen molar-refractivity contribution < 1.29 is 4.79 Å². The fourth-order valence-corrected chi connectivity index (χ4v) is 3.13. The van der Waals surface area contributed by atoms with Crippen molar-refractivity contribution in [2.24, 2.45) is 5.73 Å². The maximum atomic E-state index is 12.5. The third kappa shape index (κ3) is 1.97. The third-order valence-corrected chi connectivity index (χ3v) is 4.03. The summed E-state index contributed by atoms with van der Waals surface area (Å²) in [5.74, 6) is -0.426. The molecule has 3 aromatic heterocycles. The summed E-state index contributed by atoms with van der Waals surface area (Å²) in [6.45, 7) is 2.07. The number of carbonyl (C=O) groups is 1. The largest absolute Gasteiger partial charge is 0.368 e. The monoisotopic (exact) mass is 307 g/mol. The summed E-state index contributed by atoms with van der Waals surface area (Å²) in [7, 11) is 0. The van der Waals surface area contributed by atoms with Crippen LogP contribution in [0.2, 0.25) is 0 Å². The van der Waals surface area contributed by atoms with Crippen LogP contribution in [0.3, 0.4) is 0 Å². The molecule has 0 bridgehead atoms. The van der Waals surface area contributed by atoms with E-state index in [2.05, 4.69) is 5.10 Å². The first-order valence-electron chi connectivity index (χ1n) is 6.42. The molecule has 0 spiro atoms. The molecular formula is C12H13N5O3S. The van der Waals surface area contributed by atoms with E-state index < -0.39 is 11.6 Å². The van der Waals surface area contributed by atoms with Crippen molar-refractivity contribution in [2.45, 2.75) is 26.4 Å². The number of aromatic nitrogens is 4. The molecule has 0 aromatic carbocycles. The van der Waals surface area contributed by atoms with Gasteiger partial charge in [0.15, 0.2) is 0 Å². The van der Waals surface area contributed by atoms with Crippen LogP contribution in [0, 0.1) is 0 Å². The molecule has 0 fully saturated rings. The Morgan fingerprint density at radius 2 is 2.19 bits per heavy atom. The number of nitrogens with zero attached hydrogens (tertiary/aromatic N) is 4. The number of aryl methyl sites for hydroxylation is 1. The van der Waals surface area contributed by atoms with Crippen molar-refractivity contribution in [1.82, 2.24) is 18.7 Å². The Bertz CT molecular complexity index is 961. The van der Waals surface area contributed by atoms with Crippen molar-refractivity contribution in [1.29, 1.82) is 0 Å². The van der Waals surface area contributed by atoms with Crippen LogP contribution in [0.15, 0.2) is 21.0 Å². The minimum Gasteiger partial charge on any atom is -0.368 e. The van der Waals surface area contributed by atoms with Gasteiger partial charge in [-0.15, -0.1) is 16.4 Å². The van der Waals surface area contributed by atoms with Gasteiger partial charge in [0.2, 0.25) is 11.7 Å². The molecule has 1 amide bonds. The highest BCUT2D eigenvalue weighted by atomic mass is 32.1. The van der Waals surface area contributed by atoms with Crippen molar-refractivity contribution in [3.8, 4) is 0 Å². The molecule has 2 N–H and O–H groups in total. The average Bonchev–Trinajstić information content (AvgIpc) is 3.00. The predicted octanol–water partition coefficient (Wildman–Crippen LogP) is -0.232. The smallest absolute Gasteiger partial charge is 0.352 e. The second-order valence-electron chi connectivity index (χ2n) is 4.63. The lowest BCUT2D eigenvalue weighted by molar-refractivity contribution is -0.118. The maximum Gasteiger partial charge on any atom is 0.352 e. The number of carbonyl (C=O) groups excluding carboxylic acids is 1. The fourth-order valence-electron chi connectivity index (χ4n) is 2.31. The fraction of sp³-hybridized carbons (Fsp3) is 0.333. The van der Waals surface area contributed by atoms with Gasteiger partial charge in [-0.2, -0.15) is 0 Å². The Morgan fingerprint density at radius 3 is 2.86 bits per heavy atom. The molecule has 3 heterocycles. The van der Waals surface area contributed by atoms with Gasteiger partial charge in [-0.1, -0.05) is 6.92 Å². The highest BCUT2D eigenvalue weighted by Gasteiger charge is 2.18. The van der Waals surface area contributed by atoms with E-state index in [-0.39, 0.29) is 17.9 Å². The Morgan fingerprint density at radius 1 is 1.43 bits per heavy atom. The van der Waals surface area contributed by atoms with Crippen LogP contribution in [0.4, 0.5) is 0 Å². The topological polar surface area (TPSA) is 104 Å². The van der Waals surface area contributed by atoms with E-state index in [4.69, 9.17) is 5.73 Å². The first-order chi connectivity index (χ1) is 10.0. The molecule has 8 nitrogen and oxygen atoms in total. The van der Waals surface area contributed by atoms with E-state index in [1.165, 1.54) is 20.3 Å². The summed E-state index contributed by atoms with van der Waals surface area (Å²) in [6.07, 6.45) is 0.726. The van der Waals surface area contributed by atoms with Crippen LogP contribution < -0.4 is 17.0 Å². The minimum atomic E-state index is -0.661. The van der Waals surface area contributed by atoms with E-state index >= 15 is 0 Å². The lowest BCUT2D eigenvalue weighted by Crippen LogP contribution is -2.29. The van der Waals surface area contributed by atoms with Gasteiger partial charge in [0.25, 0.3) is 5.56 Å². The quantitative estimate of drug-likeness (QED) is 0.718. The molecule has 0 radical (unpaired) electrons. The van der Waals surface area contributed by atoms with Crippen LogP contribution in [-0.2, 0) is 17.9 Å². The number of hydrogen-bond donors (Lipinski definition) is 1. The molecular weight excluding hydrogens is 294 g/mol.